The van der Waals surface area contributed by atoms with Crippen LogP contribution < -0.4 is 21.3 Å². The second kappa shape index (κ2) is 12.5. The standard InChI is InChI=1S/C16H17BrN6O.C11H13BrN6/c1-9-2-5-11(24-9)7-18-16-19-8-12(17)15(21-16)20-14-6-13(22-23-14)10-3-4-10;1-13-11-14-5-7(12)10(16-11)15-9-4-8(17-18-9)6-2-3-6/h2,5-6,8,10H,3-4,7H2,1H3,(H3,18,19,20,21,22,23);4-6H,2-3H2,1H3,(H3,13,14,15,16,17,18). The monoisotopic (exact) mass is 696 g/mol. The smallest absolute Gasteiger partial charge is 0.225 e. The van der Waals surface area contributed by atoms with Crippen molar-refractivity contribution in [1.82, 2.24) is 40.3 Å². The SMILES string of the molecule is CNc1ncc(Br)c(Nc2cc(C3CC3)[nH]n2)n1.Cc1ccc(CNc2ncc(Br)c(Nc3cc(C4CC4)[nH]n3)n2)o1. The van der Waals surface area contributed by atoms with E-state index in [1.807, 2.05) is 31.2 Å². The highest BCUT2D eigenvalue weighted by Crippen LogP contribution is 2.40. The van der Waals surface area contributed by atoms with Gasteiger partial charge in [0, 0.05) is 54.8 Å². The number of anilines is 6. The van der Waals surface area contributed by atoms with Crippen LogP contribution >= 0.6 is 31.9 Å². The summed E-state index contributed by atoms with van der Waals surface area (Å²) < 4.78 is 7.11. The molecule has 0 aromatic carbocycles. The molecule has 2 fully saturated rings. The van der Waals surface area contributed by atoms with E-state index in [4.69, 9.17) is 4.42 Å². The third-order valence-corrected chi connectivity index (χ3v) is 7.81. The van der Waals surface area contributed by atoms with Gasteiger partial charge in [-0.1, -0.05) is 0 Å². The van der Waals surface area contributed by atoms with Gasteiger partial charge >= 0.3 is 0 Å². The van der Waals surface area contributed by atoms with Gasteiger partial charge in [0.15, 0.2) is 23.3 Å². The van der Waals surface area contributed by atoms with Gasteiger partial charge in [0.2, 0.25) is 11.9 Å². The average molecular weight is 698 g/mol. The van der Waals surface area contributed by atoms with E-state index in [-0.39, 0.29) is 0 Å². The first-order valence-electron chi connectivity index (χ1n) is 13.6. The van der Waals surface area contributed by atoms with Gasteiger partial charge in [-0.25, -0.2) is 9.97 Å². The van der Waals surface area contributed by atoms with Crippen LogP contribution in [0.2, 0.25) is 0 Å². The Morgan fingerprint density at radius 2 is 1.38 bits per heavy atom. The van der Waals surface area contributed by atoms with Crippen molar-refractivity contribution in [3.63, 3.8) is 0 Å². The molecule has 5 aromatic rings. The second-order valence-electron chi connectivity index (χ2n) is 10.1. The van der Waals surface area contributed by atoms with Crippen molar-refractivity contribution in [1.29, 1.82) is 0 Å². The van der Waals surface area contributed by atoms with Crippen LogP contribution in [0.25, 0.3) is 0 Å². The highest BCUT2D eigenvalue weighted by atomic mass is 79.9. The molecular formula is C27H30Br2N12O. The molecule has 0 spiro atoms. The fourth-order valence-corrected chi connectivity index (χ4v) is 4.69. The van der Waals surface area contributed by atoms with Gasteiger partial charge in [0.05, 0.1) is 15.5 Å². The number of furan rings is 1. The number of aryl methyl sites for hydroxylation is 1. The zero-order valence-corrected chi connectivity index (χ0v) is 26.2. The summed E-state index contributed by atoms with van der Waals surface area (Å²) in [6.07, 6.45) is 8.39. The largest absolute Gasteiger partial charge is 0.465 e. The molecule has 5 aromatic heterocycles. The van der Waals surface area contributed by atoms with Crippen molar-refractivity contribution in [2.24, 2.45) is 0 Å². The molecule has 0 amide bonds. The molecular weight excluding hydrogens is 668 g/mol. The van der Waals surface area contributed by atoms with E-state index < -0.39 is 0 Å². The lowest BCUT2D eigenvalue weighted by molar-refractivity contribution is 0.490. The molecule has 218 valence electrons. The van der Waals surface area contributed by atoms with Gasteiger partial charge in [-0.05, 0) is 76.6 Å². The van der Waals surface area contributed by atoms with E-state index >= 15 is 0 Å². The zero-order chi connectivity index (χ0) is 29.1. The Kier molecular flexibility index (Phi) is 8.37. The van der Waals surface area contributed by atoms with E-state index in [0.717, 1.165) is 32.1 Å². The first-order chi connectivity index (χ1) is 20.4. The van der Waals surface area contributed by atoms with Gasteiger partial charge in [-0.2, -0.15) is 20.2 Å². The van der Waals surface area contributed by atoms with Crippen LogP contribution in [0.5, 0.6) is 0 Å². The topological polar surface area (TPSA) is 170 Å². The lowest BCUT2D eigenvalue weighted by atomic mass is 10.3. The summed E-state index contributed by atoms with van der Waals surface area (Å²) >= 11 is 6.88. The lowest BCUT2D eigenvalue weighted by Crippen LogP contribution is -2.05. The third-order valence-electron chi connectivity index (χ3n) is 6.65. The molecule has 0 radical (unpaired) electrons. The van der Waals surface area contributed by atoms with Crippen molar-refractivity contribution in [3.05, 3.63) is 68.5 Å². The number of nitrogens with one attached hydrogen (secondary N) is 6. The third kappa shape index (κ3) is 7.26. The number of halogens is 2. The summed E-state index contributed by atoms with van der Waals surface area (Å²) in [6, 6.07) is 7.93. The van der Waals surface area contributed by atoms with Crippen LogP contribution in [0.4, 0.5) is 35.2 Å². The van der Waals surface area contributed by atoms with Crippen molar-refractivity contribution in [3.8, 4) is 0 Å². The Labute approximate surface area is 258 Å². The predicted octanol–water partition coefficient (Wildman–Crippen LogP) is 6.72. The Morgan fingerprint density at radius 1 is 0.833 bits per heavy atom. The maximum Gasteiger partial charge on any atom is 0.225 e. The summed E-state index contributed by atoms with van der Waals surface area (Å²) in [4.78, 5) is 17.2. The minimum absolute atomic E-state index is 0.521. The molecule has 42 heavy (non-hydrogen) atoms. The highest BCUT2D eigenvalue weighted by molar-refractivity contribution is 9.11. The van der Waals surface area contributed by atoms with E-state index in [1.54, 1.807) is 19.4 Å². The Bertz CT molecular complexity index is 1660. The molecule has 2 saturated carbocycles. The van der Waals surface area contributed by atoms with Gasteiger partial charge < -0.3 is 25.7 Å². The maximum absolute atomic E-state index is 5.53. The number of nitrogens with zero attached hydrogens (tertiary/aromatic N) is 6. The number of aromatic amines is 2. The van der Waals surface area contributed by atoms with E-state index in [2.05, 4.69) is 93.5 Å². The quantitative estimate of drug-likeness (QED) is 0.0915. The van der Waals surface area contributed by atoms with Crippen molar-refractivity contribution in [2.75, 3.05) is 28.3 Å². The zero-order valence-electron chi connectivity index (χ0n) is 23.0. The Balaban J connectivity index is 0.000000157. The fraction of sp³-hybridized carbons (Fsp3) is 0.333. The number of hydrogen-bond donors (Lipinski definition) is 6. The fourth-order valence-electron chi connectivity index (χ4n) is 4.11. The number of hydrogen-bond acceptors (Lipinski definition) is 11. The molecule has 0 unspecified atom stereocenters. The van der Waals surface area contributed by atoms with Crippen LogP contribution in [0.15, 0.2) is 50.0 Å². The molecule has 6 N–H and O–H groups in total. The summed E-state index contributed by atoms with van der Waals surface area (Å²) in [6.45, 7) is 2.45. The van der Waals surface area contributed by atoms with E-state index in [1.165, 1.54) is 37.1 Å². The Morgan fingerprint density at radius 3 is 1.88 bits per heavy atom. The molecule has 0 aliphatic heterocycles. The minimum Gasteiger partial charge on any atom is -0.465 e. The number of H-pyrrole nitrogens is 2. The van der Waals surface area contributed by atoms with Crippen LogP contribution in [-0.2, 0) is 6.54 Å². The number of rotatable bonds is 10. The Hall–Kier alpha value is -3.98. The normalized spacial score (nSPS) is 14.2. The molecule has 0 saturated heterocycles. The average Bonchev–Trinajstić information content (AvgIpc) is 3.89. The number of aromatic nitrogens is 8. The molecule has 13 nitrogen and oxygen atoms in total. The van der Waals surface area contributed by atoms with Gasteiger partial charge in [0.1, 0.15) is 11.5 Å². The van der Waals surface area contributed by atoms with Crippen molar-refractivity contribution in [2.45, 2.75) is 51.0 Å². The van der Waals surface area contributed by atoms with Gasteiger partial charge in [-0.3, -0.25) is 10.2 Å². The van der Waals surface area contributed by atoms with Crippen molar-refractivity contribution < 1.29 is 4.42 Å². The molecule has 2 aliphatic carbocycles. The first-order valence-corrected chi connectivity index (χ1v) is 15.2. The lowest BCUT2D eigenvalue weighted by Gasteiger charge is -2.08. The molecule has 7 rings (SSSR count). The van der Waals surface area contributed by atoms with Gasteiger partial charge in [0.25, 0.3) is 0 Å². The van der Waals surface area contributed by atoms with Crippen molar-refractivity contribution >= 4 is 67.0 Å². The van der Waals surface area contributed by atoms with E-state index in [0.29, 0.717) is 41.9 Å². The van der Waals surface area contributed by atoms with Crippen LogP contribution in [-0.4, -0.2) is 47.4 Å². The van der Waals surface area contributed by atoms with E-state index in [9.17, 15) is 0 Å². The maximum atomic E-state index is 5.53. The minimum atomic E-state index is 0.521. The summed E-state index contributed by atoms with van der Waals surface area (Å²) in [7, 11) is 1.78. The molecule has 2 aliphatic rings. The molecule has 15 heteroatoms. The van der Waals surface area contributed by atoms with Gasteiger partial charge in [-0.15, -0.1) is 0 Å². The summed E-state index contributed by atoms with van der Waals surface area (Å²) in [5.74, 6) is 7.00. The molecule has 0 bridgehead atoms. The summed E-state index contributed by atoms with van der Waals surface area (Å²) in [5, 5.41) is 27.1. The van der Waals surface area contributed by atoms with Crippen LogP contribution in [0.1, 0.15) is 60.4 Å². The van der Waals surface area contributed by atoms with Crippen LogP contribution in [0, 0.1) is 6.92 Å². The van der Waals surface area contributed by atoms with Crippen LogP contribution in [0.3, 0.4) is 0 Å². The first kappa shape index (κ1) is 28.2. The summed E-state index contributed by atoms with van der Waals surface area (Å²) in [5.41, 5.74) is 2.37. The second-order valence-corrected chi connectivity index (χ2v) is 11.8. The predicted molar refractivity (Wildman–Crippen MR) is 167 cm³/mol. The highest BCUT2D eigenvalue weighted by Gasteiger charge is 2.26. The molecule has 0 atom stereocenters. The molecule has 5 heterocycles.